The lowest BCUT2D eigenvalue weighted by atomic mass is 10.2. The molecule has 0 bridgehead atoms. The second-order valence-electron chi connectivity index (χ2n) is 5.05. The SMILES string of the molecule is CCC(C)N1C(=O)CC(NCCc2noc(C)n2)C1=O. The molecule has 2 unspecified atom stereocenters. The van der Waals surface area contributed by atoms with E-state index in [1.807, 2.05) is 13.8 Å². The van der Waals surface area contributed by atoms with E-state index in [-0.39, 0.29) is 24.3 Å². The molecule has 7 heteroatoms. The van der Waals surface area contributed by atoms with Crippen molar-refractivity contribution in [3.8, 4) is 0 Å². The lowest BCUT2D eigenvalue weighted by Gasteiger charge is -2.21. The van der Waals surface area contributed by atoms with Crippen LogP contribution in [0.4, 0.5) is 0 Å². The van der Waals surface area contributed by atoms with Gasteiger partial charge in [-0.15, -0.1) is 0 Å². The van der Waals surface area contributed by atoms with Crippen LogP contribution in [0.25, 0.3) is 0 Å². The van der Waals surface area contributed by atoms with Crippen molar-refractivity contribution in [2.45, 2.75) is 52.1 Å². The molecule has 2 amide bonds. The molecule has 1 saturated heterocycles. The van der Waals surface area contributed by atoms with Crippen LogP contribution in [0, 0.1) is 6.92 Å². The monoisotopic (exact) mass is 280 g/mol. The van der Waals surface area contributed by atoms with Gasteiger partial charge < -0.3 is 9.84 Å². The highest BCUT2D eigenvalue weighted by atomic mass is 16.5. The number of carbonyl (C=O) groups excluding carboxylic acids is 2. The minimum atomic E-state index is -0.426. The van der Waals surface area contributed by atoms with Gasteiger partial charge in [-0.1, -0.05) is 12.1 Å². The maximum absolute atomic E-state index is 12.2. The zero-order chi connectivity index (χ0) is 14.7. The van der Waals surface area contributed by atoms with E-state index in [0.29, 0.717) is 24.7 Å². The summed E-state index contributed by atoms with van der Waals surface area (Å²) in [5.74, 6) is 0.895. The van der Waals surface area contributed by atoms with E-state index in [9.17, 15) is 9.59 Å². The molecule has 1 aromatic rings. The maximum atomic E-state index is 12.2. The maximum Gasteiger partial charge on any atom is 0.247 e. The highest BCUT2D eigenvalue weighted by molar-refractivity contribution is 6.05. The Hall–Kier alpha value is -1.76. The third-order valence-corrected chi connectivity index (χ3v) is 3.52. The van der Waals surface area contributed by atoms with Crippen molar-refractivity contribution in [1.29, 1.82) is 0 Å². The predicted octanol–water partition coefficient (Wildman–Crippen LogP) is 0.436. The Balaban J connectivity index is 1.85. The van der Waals surface area contributed by atoms with Crippen molar-refractivity contribution >= 4 is 11.8 Å². The molecule has 2 rings (SSSR count). The van der Waals surface area contributed by atoms with Gasteiger partial charge in [-0.3, -0.25) is 14.5 Å². The highest BCUT2D eigenvalue weighted by Crippen LogP contribution is 2.17. The van der Waals surface area contributed by atoms with Crippen molar-refractivity contribution in [3.05, 3.63) is 11.7 Å². The third kappa shape index (κ3) is 3.04. The fourth-order valence-electron chi connectivity index (χ4n) is 2.26. The van der Waals surface area contributed by atoms with Gasteiger partial charge in [0.2, 0.25) is 17.7 Å². The molecule has 2 atom stereocenters. The first-order valence-corrected chi connectivity index (χ1v) is 6.91. The first kappa shape index (κ1) is 14.6. The molecule has 0 spiro atoms. The number of aromatic nitrogens is 2. The van der Waals surface area contributed by atoms with Crippen LogP contribution in [0.3, 0.4) is 0 Å². The zero-order valence-electron chi connectivity index (χ0n) is 12.0. The van der Waals surface area contributed by atoms with E-state index in [1.54, 1.807) is 6.92 Å². The molecular weight excluding hydrogens is 260 g/mol. The Morgan fingerprint density at radius 2 is 2.25 bits per heavy atom. The number of amides is 2. The standard InChI is InChI=1S/C13H20N4O3/c1-4-8(2)17-12(18)7-10(13(17)19)14-6-5-11-15-9(3)20-16-11/h8,10,14H,4-7H2,1-3H3. The van der Waals surface area contributed by atoms with Crippen molar-refractivity contribution in [3.63, 3.8) is 0 Å². The summed E-state index contributed by atoms with van der Waals surface area (Å²) in [6, 6.07) is -0.467. The number of nitrogens with zero attached hydrogens (tertiary/aromatic N) is 3. The van der Waals surface area contributed by atoms with Gasteiger partial charge in [0, 0.05) is 25.9 Å². The smallest absolute Gasteiger partial charge is 0.247 e. The summed E-state index contributed by atoms with van der Waals surface area (Å²) in [6.07, 6.45) is 1.57. The van der Waals surface area contributed by atoms with E-state index < -0.39 is 6.04 Å². The number of carbonyl (C=O) groups is 2. The number of hydrogen-bond donors (Lipinski definition) is 1. The largest absolute Gasteiger partial charge is 0.340 e. The summed E-state index contributed by atoms with van der Waals surface area (Å²) < 4.78 is 4.87. The number of nitrogens with one attached hydrogen (secondary N) is 1. The third-order valence-electron chi connectivity index (χ3n) is 3.52. The summed E-state index contributed by atoms with van der Waals surface area (Å²) in [6.45, 7) is 6.12. The Morgan fingerprint density at radius 3 is 2.85 bits per heavy atom. The van der Waals surface area contributed by atoms with Crippen LogP contribution >= 0.6 is 0 Å². The first-order chi connectivity index (χ1) is 9.52. The minimum absolute atomic E-state index is 0.0401. The van der Waals surface area contributed by atoms with Gasteiger partial charge in [0.15, 0.2) is 5.82 Å². The average Bonchev–Trinajstić information content (AvgIpc) is 2.94. The Labute approximate surface area is 117 Å². The molecule has 20 heavy (non-hydrogen) atoms. The first-order valence-electron chi connectivity index (χ1n) is 6.91. The van der Waals surface area contributed by atoms with Gasteiger partial charge in [0.05, 0.1) is 12.5 Å². The van der Waals surface area contributed by atoms with Gasteiger partial charge in [-0.05, 0) is 13.3 Å². The molecule has 0 aromatic carbocycles. The lowest BCUT2D eigenvalue weighted by Crippen LogP contribution is -2.43. The van der Waals surface area contributed by atoms with Crippen LogP contribution in [0.5, 0.6) is 0 Å². The van der Waals surface area contributed by atoms with Crippen LogP contribution < -0.4 is 5.32 Å². The van der Waals surface area contributed by atoms with Crippen molar-refractivity contribution < 1.29 is 14.1 Å². The van der Waals surface area contributed by atoms with Crippen molar-refractivity contribution in [1.82, 2.24) is 20.4 Å². The minimum Gasteiger partial charge on any atom is -0.340 e. The van der Waals surface area contributed by atoms with Crippen LogP contribution in [0.2, 0.25) is 0 Å². The van der Waals surface area contributed by atoms with Crippen molar-refractivity contribution in [2.24, 2.45) is 0 Å². The normalized spacial score (nSPS) is 20.8. The molecule has 1 fully saturated rings. The summed E-state index contributed by atoms with van der Waals surface area (Å²) in [5, 5.41) is 6.88. The number of imide groups is 1. The van der Waals surface area contributed by atoms with E-state index in [1.165, 1.54) is 4.90 Å². The van der Waals surface area contributed by atoms with Gasteiger partial charge in [0.1, 0.15) is 0 Å². The Morgan fingerprint density at radius 1 is 1.50 bits per heavy atom. The number of hydrogen-bond acceptors (Lipinski definition) is 6. The van der Waals surface area contributed by atoms with Crippen LogP contribution in [-0.2, 0) is 16.0 Å². The fraction of sp³-hybridized carbons (Fsp3) is 0.692. The number of rotatable bonds is 6. The molecule has 2 heterocycles. The van der Waals surface area contributed by atoms with Crippen LogP contribution in [-0.4, -0.2) is 45.5 Å². The molecule has 1 aromatic heterocycles. The van der Waals surface area contributed by atoms with Gasteiger partial charge >= 0.3 is 0 Å². The fourth-order valence-corrected chi connectivity index (χ4v) is 2.26. The second-order valence-corrected chi connectivity index (χ2v) is 5.05. The summed E-state index contributed by atoms with van der Waals surface area (Å²) in [4.78, 5) is 29.5. The molecule has 0 aliphatic carbocycles. The zero-order valence-corrected chi connectivity index (χ0v) is 12.0. The molecule has 1 aliphatic heterocycles. The summed E-state index contributed by atoms with van der Waals surface area (Å²) >= 11 is 0. The average molecular weight is 280 g/mol. The highest BCUT2D eigenvalue weighted by Gasteiger charge is 2.40. The van der Waals surface area contributed by atoms with Gasteiger partial charge in [-0.25, -0.2) is 0 Å². The number of likely N-dealkylation sites (tertiary alicyclic amines) is 1. The molecular formula is C13H20N4O3. The molecule has 1 N–H and O–H groups in total. The van der Waals surface area contributed by atoms with Gasteiger partial charge in [-0.2, -0.15) is 4.98 Å². The van der Waals surface area contributed by atoms with Gasteiger partial charge in [0.25, 0.3) is 0 Å². The van der Waals surface area contributed by atoms with E-state index in [4.69, 9.17) is 4.52 Å². The van der Waals surface area contributed by atoms with E-state index in [0.717, 1.165) is 6.42 Å². The summed E-state index contributed by atoms with van der Waals surface area (Å²) in [7, 11) is 0. The van der Waals surface area contributed by atoms with Crippen molar-refractivity contribution in [2.75, 3.05) is 6.54 Å². The molecule has 7 nitrogen and oxygen atoms in total. The number of aryl methyl sites for hydroxylation is 1. The molecule has 1 aliphatic rings. The van der Waals surface area contributed by atoms with Crippen LogP contribution in [0.1, 0.15) is 38.4 Å². The lowest BCUT2D eigenvalue weighted by molar-refractivity contribution is -0.141. The molecule has 0 saturated carbocycles. The topological polar surface area (TPSA) is 88.3 Å². The molecule has 0 radical (unpaired) electrons. The van der Waals surface area contributed by atoms with E-state index >= 15 is 0 Å². The van der Waals surface area contributed by atoms with Crippen LogP contribution in [0.15, 0.2) is 4.52 Å². The predicted molar refractivity (Wildman–Crippen MR) is 70.8 cm³/mol. The Kier molecular flexibility index (Phi) is 4.49. The Bertz CT molecular complexity index is 500. The quantitative estimate of drug-likeness (QED) is 0.760. The van der Waals surface area contributed by atoms with E-state index in [2.05, 4.69) is 15.5 Å². The second kappa shape index (κ2) is 6.13. The molecule has 110 valence electrons. The summed E-state index contributed by atoms with van der Waals surface area (Å²) in [5.41, 5.74) is 0.